The Morgan fingerprint density at radius 2 is 1.89 bits per heavy atom. The number of esters is 1. The summed E-state index contributed by atoms with van der Waals surface area (Å²) in [6, 6.07) is 5.00. The average Bonchev–Trinajstić information content (AvgIpc) is 2.70. The van der Waals surface area contributed by atoms with Crippen LogP contribution in [-0.2, 0) is 4.74 Å². The van der Waals surface area contributed by atoms with Crippen molar-refractivity contribution in [2.24, 2.45) is 4.99 Å². The third kappa shape index (κ3) is 5.13. The van der Waals surface area contributed by atoms with E-state index < -0.39 is 5.97 Å². The van der Waals surface area contributed by atoms with E-state index in [0.717, 1.165) is 45.0 Å². The molecule has 7 nitrogen and oxygen atoms in total. The molecule has 0 unspecified atom stereocenters. The maximum atomic E-state index is 11.8. The number of phenols is 1. The number of nitrogens with zero attached hydrogens (tertiary/aromatic N) is 3. The van der Waals surface area contributed by atoms with Crippen LogP contribution in [0.3, 0.4) is 0 Å². The van der Waals surface area contributed by atoms with Gasteiger partial charge in [0.1, 0.15) is 5.75 Å². The lowest BCUT2D eigenvalue weighted by atomic mass is 9.96. The summed E-state index contributed by atoms with van der Waals surface area (Å²) in [6.45, 7) is 3.71. The molecule has 1 aromatic carbocycles. The molecule has 0 radical (unpaired) electrons. The molecule has 1 aliphatic carbocycles. The Labute approximate surface area is 161 Å². The van der Waals surface area contributed by atoms with E-state index in [4.69, 9.17) is 9.73 Å². The number of hydrogen-bond donors (Lipinski definition) is 2. The maximum Gasteiger partial charge on any atom is 0.337 e. The van der Waals surface area contributed by atoms with Crippen LogP contribution in [0.1, 0.15) is 42.5 Å². The minimum absolute atomic E-state index is 0.0909. The van der Waals surface area contributed by atoms with Crippen molar-refractivity contribution in [2.45, 2.75) is 38.1 Å². The number of likely N-dealkylation sites (N-methyl/N-ethyl adjacent to an activating group) is 1. The van der Waals surface area contributed by atoms with Crippen molar-refractivity contribution in [1.82, 2.24) is 9.80 Å². The highest BCUT2D eigenvalue weighted by atomic mass is 16.5. The number of benzene rings is 1. The number of carbonyl (C=O) groups excluding carboxylic acids is 1. The number of carbonyl (C=O) groups is 1. The maximum absolute atomic E-state index is 11.8. The molecule has 7 heteroatoms. The van der Waals surface area contributed by atoms with Gasteiger partial charge in [-0.15, -0.1) is 0 Å². The average molecular weight is 374 g/mol. The van der Waals surface area contributed by atoms with E-state index in [9.17, 15) is 9.90 Å². The van der Waals surface area contributed by atoms with Crippen LogP contribution in [0.4, 0.5) is 5.69 Å². The number of ether oxygens (including phenoxy) is 1. The third-order valence-corrected chi connectivity index (χ3v) is 5.35. The largest absolute Gasteiger partial charge is 0.506 e. The van der Waals surface area contributed by atoms with Gasteiger partial charge in [-0.1, -0.05) is 19.3 Å². The van der Waals surface area contributed by atoms with E-state index in [-0.39, 0.29) is 5.75 Å². The van der Waals surface area contributed by atoms with Crippen LogP contribution < -0.4 is 5.32 Å². The SMILES string of the molecule is COC(=O)c1ccc(O)c(NC(=NC2CCCCC2)N2CCN(C)CC2)c1. The normalized spacial score (nSPS) is 19.8. The molecule has 1 heterocycles. The number of guanidine groups is 1. The van der Waals surface area contributed by atoms with Crippen molar-refractivity contribution >= 4 is 17.6 Å². The smallest absolute Gasteiger partial charge is 0.337 e. The molecule has 1 saturated carbocycles. The number of piperazine rings is 1. The topological polar surface area (TPSA) is 77.4 Å². The summed E-state index contributed by atoms with van der Waals surface area (Å²) in [5.74, 6) is 0.448. The van der Waals surface area contributed by atoms with E-state index in [0.29, 0.717) is 17.3 Å². The summed E-state index contributed by atoms with van der Waals surface area (Å²) in [6.07, 6.45) is 5.92. The zero-order chi connectivity index (χ0) is 19.2. The van der Waals surface area contributed by atoms with E-state index in [1.54, 1.807) is 12.1 Å². The first-order valence-corrected chi connectivity index (χ1v) is 9.76. The van der Waals surface area contributed by atoms with Crippen LogP contribution in [-0.4, -0.2) is 73.2 Å². The van der Waals surface area contributed by atoms with Crippen molar-refractivity contribution in [3.63, 3.8) is 0 Å². The summed E-state index contributed by atoms with van der Waals surface area (Å²) < 4.78 is 4.79. The van der Waals surface area contributed by atoms with Gasteiger partial charge in [0.25, 0.3) is 0 Å². The predicted molar refractivity (Wildman–Crippen MR) is 106 cm³/mol. The van der Waals surface area contributed by atoms with Gasteiger partial charge in [0.15, 0.2) is 5.96 Å². The fourth-order valence-corrected chi connectivity index (χ4v) is 3.60. The molecule has 1 aliphatic heterocycles. The standard InChI is InChI=1S/C20H30N4O3/c1-23-10-12-24(13-11-23)20(21-16-6-4-3-5-7-16)22-17-14-15(19(26)27-2)8-9-18(17)25/h8-9,14,16,25H,3-7,10-13H2,1-2H3,(H,21,22). The first-order valence-electron chi connectivity index (χ1n) is 9.76. The lowest BCUT2D eigenvalue weighted by Gasteiger charge is -2.35. The summed E-state index contributed by atoms with van der Waals surface area (Å²) in [5, 5.41) is 13.6. The van der Waals surface area contributed by atoms with Crippen molar-refractivity contribution in [2.75, 3.05) is 45.7 Å². The number of rotatable bonds is 3. The lowest BCUT2D eigenvalue weighted by Crippen LogP contribution is -2.49. The second-order valence-electron chi connectivity index (χ2n) is 7.38. The minimum atomic E-state index is -0.427. The van der Waals surface area contributed by atoms with Gasteiger partial charge in [-0.05, 0) is 38.1 Å². The summed E-state index contributed by atoms with van der Waals surface area (Å²) >= 11 is 0. The molecule has 0 aromatic heterocycles. The monoisotopic (exact) mass is 374 g/mol. The number of phenolic OH excluding ortho intramolecular Hbond substituents is 1. The van der Waals surface area contributed by atoms with Crippen LogP contribution in [0.15, 0.2) is 23.2 Å². The van der Waals surface area contributed by atoms with Crippen LogP contribution in [0, 0.1) is 0 Å². The predicted octanol–water partition coefficient (Wildman–Crippen LogP) is 2.53. The summed E-state index contributed by atoms with van der Waals surface area (Å²) in [4.78, 5) is 21.4. The van der Waals surface area contributed by atoms with E-state index in [1.165, 1.54) is 32.4 Å². The number of methoxy groups -OCH3 is 1. The number of nitrogens with one attached hydrogen (secondary N) is 1. The molecule has 2 N–H and O–H groups in total. The second kappa shape index (κ2) is 9.08. The molecule has 3 rings (SSSR count). The first kappa shape index (κ1) is 19.5. The highest BCUT2D eigenvalue weighted by molar-refractivity contribution is 5.97. The molecule has 27 heavy (non-hydrogen) atoms. The van der Waals surface area contributed by atoms with Crippen molar-refractivity contribution in [3.8, 4) is 5.75 Å². The zero-order valence-corrected chi connectivity index (χ0v) is 16.3. The van der Waals surface area contributed by atoms with E-state index in [2.05, 4.69) is 22.2 Å². The highest BCUT2D eigenvalue weighted by Gasteiger charge is 2.22. The Hall–Kier alpha value is -2.28. The molecular formula is C20H30N4O3. The molecule has 2 fully saturated rings. The van der Waals surface area contributed by atoms with Crippen molar-refractivity contribution < 1.29 is 14.6 Å². The Morgan fingerprint density at radius 1 is 1.19 bits per heavy atom. The number of hydrogen-bond acceptors (Lipinski definition) is 5. The molecule has 0 amide bonds. The molecule has 1 saturated heterocycles. The van der Waals surface area contributed by atoms with Gasteiger partial charge < -0.3 is 25.0 Å². The Bertz CT molecular complexity index is 678. The molecule has 148 valence electrons. The molecule has 0 spiro atoms. The molecule has 1 aromatic rings. The number of anilines is 1. The van der Waals surface area contributed by atoms with Crippen LogP contribution in [0.25, 0.3) is 0 Å². The van der Waals surface area contributed by atoms with Crippen LogP contribution in [0.2, 0.25) is 0 Å². The van der Waals surface area contributed by atoms with Gasteiger partial charge in [0.05, 0.1) is 24.4 Å². The van der Waals surface area contributed by atoms with Crippen LogP contribution in [0.5, 0.6) is 5.75 Å². The van der Waals surface area contributed by atoms with Crippen molar-refractivity contribution in [1.29, 1.82) is 0 Å². The van der Waals surface area contributed by atoms with Gasteiger partial charge in [-0.3, -0.25) is 0 Å². The molecule has 0 atom stereocenters. The van der Waals surface area contributed by atoms with Gasteiger partial charge in [-0.2, -0.15) is 0 Å². The second-order valence-corrected chi connectivity index (χ2v) is 7.38. The molecule has 0 bridgehead atoms. The number of aliphatic imine (C=N–C) groups is 1. The highest BCUT2D eigenvalue weighted by Crippen LogP contribution is 2.26. The lowest BCUT2D eigenvalue weighted by molar-refractivity contribution is 0.0601. The van der Waals surface area contributed by atoms with Gasteiger partial charge in [-0.25, -0.2) is 9.79 Å². The Kier molecular flexibility index (Phi) is 6.55. The fraction of sp³-hybridized carbons (Fsp3) is 0.600. The minimum Gasteiger partial charge on any atom is -0.506 e. The van der Waals surface area contributed by atoms with E-state index >= 15 is 0 Å². The Balaban J connectivity index is 1.84. The summed E-state index contributed by atoms with van der Waals surface area (Å²) in [5.41, 5.74) is 0.875. The molecule has 2 aliphatic rings. The van der Waals surface area contributed by atoms with Crippen LogP contribution >= 0.6 is 0 Å². The van der Waals surface area contributed by atoms with Gasteiger partial charge in [0.2, 0.25) is 0 Å². The fourth-order valence-electron chi connectivity index (χ4n) is 3.60. The van der Waals surface area contributed by atoms with Crippen molar-refractivity contribution in [3.05, 3.63) is 23.8 Å². The quantitative estimate of drug-likeness (QED) is 0.366. The third-order valence-electron chi connectivity index (χ3n) is 5.35. The zero-order valence-electron chi connectivity index (χ0n) is 16.3. The Morgan fingerprint density at radius 3 is 2.56 bits per heavy atom. The summed E-state index contributed by atoms with van der Waals surface area (Å²) in [7, 11) is 3.47. The number of aromatic hydroxyl groups is 1. The van der Waals surface area contributed by atoms with Gasteiger partial charge in [0, 0.05) is 26.2 Å². The molecular weight excluding hydrogens is 344 g/mol. The first-order chi connectivity index (χ1) is 13.1. The van der Waals surface area contributed by atoms with Gasteiger partial charge >= 0.3 is 5.97 Å². The van der Waals surface area contributed by atoms with E-state index in [1.807, 2.05) is 0 Å².